The van der Waals surface area contributed by atoms with Crippen LogP contribution in [0.15, 0.2) is 24.3 Å². The Labute approximate surface area is 148 Å². The highest BCUT2D eigenvalue weighted by Crippen LogP contribution is 2.40. The van der Waals surface area contributed by atoms with Crippen LogP contribution in [0.3, 0.4) is 0 Å². The summed E-state index contributed by atoms with van der Waals surface area (Å²) in [6.07, 6.45) is 4.98. The van der Waals surface area contributed by atoms with Gasteiger partial charge in [-0.25, -0.2) is 0 Å². The van der Waals surface area contributed by atoms with Gasteiger partial charge in [0.25, 0.3) is 5.91 Å². The molecular formula is C21H26N2O2. The Morgan fingerprint density at radius 3 is 2.72 bits per heavy atom. The second-order valence-corrected chi connectivity index (χ2v) is 7.83. The zero-order valence-corrected chi connectivity index (χ0v) is 15.0. The van der Waals surface area contributed by atoms with E-state index in [2.05, 4.69) is 12.1 Å². The minimum Gasteiger partial charge on any atom is -0.393 e. The molecule has 0 aliphatic heterocycles. The first-order valence-corrected chi connectivity index (χ1v) is 9.38. The fourth-order valence-electron chi connectivity index (χ4n) is 4.00. The van der Waals surface area contributed by atoms with Crippen LogP contribution in [0.1, 0.15) is 59.6 Å². The lowest BCUT2D eigenvalue weighted by Gasteiger charge is -2.24. The molecule has 2 aromatic rings. The van der Waals surface area contributed by atoms with Gasteiger partial charge in [-0.2, -0.15) is 0 Å². The average Bonchev–Trinajstić information content (AvgIpc) is 3.37. The summed E-state index contributed by atoms with van der Waals surface area (Å²) < 4.78 is 0. The van der Waals surface area contributed by atoms with Crippen molar-refractivity contribution >= 4 is 16.8 Å². The van der Waals surface area contributed by atoms with Crippen molar-refractivity contribution in [3.8, 4) is 0 Å². The zero-order chi connectivity index (χ0) is 17.6. The lowest BCUT2D eigenvalue weighted by molar-refractivity contribution is 0.0695. The SMILES string of the molecule is Cc1ccc2nc(C3CC3)cc(C(=O)N(C)CC3CCCC3O)c2c1. The molecule has 2 aliphatic rings. The van der Waals surface area contributed by atoms with Crippen LogP contribution in [0.2, 0.25) is 0 Å². The van der Waals surface area contributed by atoms with E-state index >= 15 is 0 Å². The van der Waals surface area contributed by atoms with Gasteiger partial charge in [0.15, 0.2) is 0 Å². The Morgan fingerprint density at radius 1 is 1.24 bits per heavy atom. The third-order valence-electron chi connectivity index (χ3n) is 5.68. The molecular weight excluding hydrogens is 312 g/mol. The predicted molar refractivity (Wildman–Crippen MR) is 98.8 cm³/mol. The maximum absolute atomic E-state index is 13.2. The Kier molecular flexibility index (Phi) is 4.24. The highest BCUT2D eigenvalue weighted by atomic mass is 16.3. The molecule has 2 fully saturated rings. The van der Waals surface area contributed by atoms with E-state index in [0.717, 1.165) is 47.0 Å². The number of amides is 1. The minimum absolute atomic E-state index is 0.0407. The number of pyridine rings is 1. The molecule has 0 spiro atoms. The summed E-state index contributed by atoms with van der Waals surface area (Å²) in [6.45, 7) is 2.66. The molecule has 0 radical (unpaired) electrons. The molecule has 0 saturated heterocycles. The first-order valence-electron chi connectivity index (χ1n) is 9.38. The fourth-order valence-corrected chi connectivity index (χ4v) is 4.00. The van der Waals surface area contributed by atoms with Gasteiger partial charge < -0.3 is 10.0 Å². The van der Waals surface area contributed by atoms with Gasteiger partial charge in [-0.1, -0.05) is 18.1 Å². The number of benzene rings is 1. The van der Waals surface area contributed by atoms with E-state index in [1.54, 1.807) is 4.90 Å². The zero-order valence-electron chi connectivity index (χ0n) is 15.0. The maximum atomic E-state index is 13.2. The van der Waals surface area contributed by atoms with E-state index in [4.69, 9.17) is 4.98 Å². The lowest BCUT2D eigenvalue weighted by Crippen LogP contribution is -2.34. The van der Waals surface area contributed by atoms with Crippen LogP contribution < -0.4 is 0 Å². The predicted octanol–water partition coefficient (Wildman–Crippen LogP) is 3.65. The first-order chi connectivity index (χ1) is 12.0. The molecule has 132 valence electrons. The third-order valence-corrected chi connectivity index (χ3v) is 5.68. The second-order valence-electron chi connectivity index (χ2n) is 7.83. The highest BCUT2D eigenvalue weighted by Gasteiger charge is 2.30. The Bertz CT molecular complexity index is 813. The molecule has 0 bridgehead atoms. The monoisotopic (exact) mass is 338 g/mol. The van der Waals surface area contributed by atoms with Crippen LogP contribution in [0.25, 0.3) is 10.9 Å². The quantitative estimate of drug-likeness (QED) is 0.926. The molecule has 25 heavy (non-hydrogen) atoms. The summed E-state index contributed by atoms with van der Waals surface area (Å²) in [5, 5.41) is 11.0. The van der Waals surface area contributed by atoms with E-state index in [9.17, 15) is 9.90 Å². The van der Waals surface area contributed by atoms with Crippen molar-refractivity contribution < 1.29 is 9.90 Å². The topological polar surface area (TPSA) is 53.4 Å². The van der Waals surface area contributed by atoms with E-state index in [0.29, 0.717) is 12.5 Å². The Hall–Kier alpha value is -1.94. The summed E-state index contributed by atoms with van der Waals surface area (Å²) in [7, 11) is 1.85. The van der Waals surface area contributed by atoms with Crippen molar-refractivity contribution in [1.82, 2.24) is 9.88 Å². The molecule has 4 nitrogen and oxygen atoms in total. The summed E-state index contributed by atoms with van der Waals surface area (Å²) in [6, 6.07) is 8.14. The molecule has 1 aromatic heterocycles. The van der Waals surface area contributed by atoms with Crippen molar-refractivity contribution in [2.75, 3.05) is 13.6 Å². The molecule has 1 aromatic carbocycles. The summed E-state index contributed by atoms with van der Waals surface area (Å²) in [4.78, 5) is 19.7. The van der Waals surface area contributed by atoms with Gasteiger partial charge in [0.05, 0.1) is 17.2 Å². The van der Waals surface area contributed by atoms with E-state index in [1.807, 2.05) is 26.1 Å². The number of aryl methyl sites for hydroxylation is 1. The molecule has 4 heteroatoms. The number of carbonyl (C=O) groups is 1. The van der Waals surface area contributed by atoms with Gasteiger partial charge in [0.1, 0.15) is 0 Å². The molecule has 2 saturated carbocycles. The molecule has 4 rings (SSSR count). The molecule has 1 amide bonds. The minimum atomic E-state index is -0.270. The summed E-state index contributed by atoms with van der Waals surface area (Å²) >= 11 is 0. The number of hydrogen-bond acceptors (Lipinski definition) is 3. The van der Waals surface area contributed by atoms with Crippen molar-refractivity contribution in [2.45, 2.75) is 51.0 Å². The number of aromatic nitrogens is 1. The van der Waals surface area contributed by atoms with Crippen molar-refractivity contribution in [2.24, 2.45) is 5.92 Å². The fraction of sp³-hybridized carbons (Fsp3) is 0.524. The number of aliphatic hydroxyl groups excluding tert-OH is 1. The van der Waals surface area contributed by atoms with Crippen molar-refractivity contribution in [3.63, 3.8) is 0 Å². The van der Waals surface area contributed by atoms with Gasteiger partial charge in [0, 0.05) is 36.5 Å². The first kappa shape index (κ1) is 16.5. The van der Waals surface area contributed by atoms with E-state index in [1.165, 1.54) is 12.8 Å². The Balaban J connectivity index is 1.68. The summed E-state index contributed by atoms with van der Waals surface area (Å²) in [5.41, 5.74) is 3.85. The van der Waals surface area contributed by atoms with Crippen molar-refractivity contribution in [1.29, 1.82) is 0 Å². The van der Waals surface area contributed by atoms with Gasteiger partial charge in [-0.3, -0.25) is 9.78 Å². The highest BCUT2D eigenvalue weighted by molar-refractivity contribution is 6.06. The smallest absolute Gasteiger partial charge is 0.254 e. The number of rotatable bonds is 4. The average molecular weight is 338 g/mol. The number of fused-ring (bicyclic) bond motifs is 1. The van der Waals surface area contributed by atoms with Crippen LogP contribution in [-0.4, -0.2) is 40.6 Å². The second kappa shape index (κ2) is 6.41. The Morgan fingerprint density at radius 2 is 2.04 bits per heavy atom. The lowest BCUT2D eigenvalue weighted by atomic mass is 10.0. The van der Waals surface area contributed by atoms with E-state index in [-0.39, 0.29) is 17.9 Å². The molecule has 1 heterocycles. The van der Waals surface area contributed by atoms with Crippen LogP contribution >= 0.6 is 0 Å². The van der Waals surface area contributed by atoms with E-state index < -0.39 is 0 Å². The third kappa shape index (κ3) is 3.28. The molecule has 2 atom stereocenters. The maximum Gasteiger partial charge on any atom is 0.254 e. The number of hydrogen-bond donors (Lipinski definition) is 1. The molecule has 2 aliphatic carbocycles. The largest absolute Gasteiger partial charge is 0.393 e. The van der Waals surface area contributed by atoms with Gasteiger partial charge in [-0.15, -0.1) is 0 Å². The molecule has 1 N–H and O–H groups in total. The number of carbonyl (C=O) groups excluding carboxylic acids is 1. The van der Waals surface area contributed by atoms with Gasteiger partial charge in [-0.05, 0) is 50.8 Å². The summed E-state index contributed by atoms with van der Waals surface area (Å²) in [5.74, 6) is 0.755. The standard InChI is InChI=1S/C21H26N2O2/c1-13-6-9-18-16(10-13)17(11-19(22-18)14-7-8-14)21(25)23(2)12-15-4-3-5-20(15)24/h6,9-11,14-15,20,24H,3-5,7-8,12H2,1-2H3. The molecule has 2 unspecified atom stereocenters. The van der Waals surface area contributed by atoms with Crippen molar-refractivity contribution in [3.05, 3.63) is 41.1 Å². The van der Waals surface area contributed by atoms with Crippen LogP contribution in [0.4, 0.5) is 0 Å². The van der Waals surface area contributed by atoms with Crippen LogP contribution in [-0.2, 0) is 0 Å². The van der Waals surface area contributed by atoms with Crippen LogP contribution in [0, 0.1) is 12.8 Å². The number of nitrogens with zero attached hydrogens (tertiary/aromatic N) is 2. The van der Waals surface area contributed by atoms with Gasteiger partial charge >= 0.3 is 0 Å². The van der Waals surface area contributed by atoms with Gasteiger partial charge in [0.2, 0.25) is 0 Å². The normalized spacial score (nSPS) is 23.2. The number of aliphatic hydroxyl groups is 1. The van der Waals surface area contributed by atoms with Crippen LogP contribution in [0.5, 0.6) is 0 Å².